The molecule has 0 aliphatic heterocycles. The van der Waals surface area contributed by atoms with Crippen LogP contribution in [0, 0.1) is 0 Å². The van der Waals surface area contributed by atoms with E-state index < -0.39 is 6.17 Å². The molecule has 1 rings (SSSR count). The van der Waals surface area contributed by atoms with Gasteiger partial charge in [-0.05, 0) is 18.6 Å². The van der Waals surface area contributed by atoms with Crippen molar-refractivity contribution in [1.82, 2.24) is 4.57 Å². The largest absolute Gasteiger partial charge is 0.398 e. The van der Waals surface area contributed by atoms with Crippen molar-refractivity contribution in [2.45, 2.75) is 13.1 Å². The van der Waals surface area contributed by atoms with E-state index in [0.717, 1.165) is 0 Å². The first-order valence-corrected chi connectivity index (χ1v) is 3.91. The Morgan fingerprint density at radius 1 is 1.62 bits per heavy atom. The third-order valence-corrected chi connectivity index (χ3v) is 1.77. The van der Waals surface area contributed by atoms with Gasteiger partial charge in [0.2, 0.25) is 0 Å². The number of rotatable bonds is 2. The highest BCUT2D eigenvalue weighted by Crippen LogP contribution is 2.07. The topological polar surface area (TPSA) is 74.0 Å². The van der Waals surface area contributed by atoms with E-state index in [4.69, 9.17) is 11.5 Å². The molecule has 0 aromatic carbocycles. The van der Waals surface area contributed by atoms with Crippen molar-refractivity contribution in [1.29, 1.82) is 0 Å². The Balaban J connectivity index is 3.21. The van der Waals surface area contributed by atoms with Gasteiger partial charge in [-0.1, -0.05) is 6.58 Å². The fourth-order valence-corrected chi connectivity index (χ4v) is 0.976. The van der Waals surface area contributed by atoms with Gasteiger partial charge in [-0.15, -0.1) is 0 Å². The van der Waals surface area contributed by atoms with Gasteiger partial charge in [0.05, 0.1) is 0 Å². The first kappa shape index (κ1) is 9.54. The normalized spacial score (nSPS) is 12.5. The first-order chi connectivity index (χ1) is 6.02. The van der Waals surface area contributed by atoms with Crippen molar-refractivity contribution < 1.29 is 0 Å². The number of aromatic nitrogens is 1. The van der Waals surface area contributed by atoms with Gasteiger partial charge in [-0.25, -0.2) is 0 Å². The first-order valence-electron chi connectivity index (χ1n) is 3.91. The highest BCUT2D eigenvalue weighted by atomic mass is 16.1. The molecule has 1 heterocycles. The summed E-state index contributed by atoms with van der Waals surface area (Å²) in [7, 11) is 0. The molecule has 1 unspecified atom stereocenters. The summed E-state index contributed by atoms with van der Waals surface area (Å²) in [6, 6.07) is 2.93. The molecule has 0 aliphatic carbocycles. The summed E-state index contributed by atoms with van der Waals surface area (Å²) in [4.78, 5) is 11.3. The molecule has 0 aliphatic rings. The summed E-state index contributed by atoms with van der Waals surface area (Å²) in [5.74, 6) is 0. The van der Waals surface area contributed by atoms with E-state index in [0.29, 0.717) is 11.3 Å². The summed E-state index contributed by atoms with van der Waals surface area (Å²) in [6.45, 7) is 5.44. The Morgan fingerprint density at radius 3 is 2.77 bits per heavy atom. The average molecular weight is 179 g/mol. The van der Waals surface area contributed by atoms with Crippen LogP contribution in [0.15, 0.2) is 35.3 Å². The van der Waals surface area contributed by atoms with Crippen LogP contribution in [-0.4, -0.2) is 4.57 Å². The Bertz CT molecular complexity index is 381. The maximum atomic E-state index is 11.3. The summed E-state index contributed by atoms with van der Waals surface area (Å²) < 4.78 is 1.36. The molecule has 0 saturated heterocycles. The predicted octanol–water partition coefficient (Wildman–Crippen LogP) is 0.464. The molecule has 4 heteroatoms. The molecule has 13 heavy (non-hydrogen) atoms. The molecular weight excluding hydrogens is 166 g/mol. The third kappa shape index (κ3) is 1.97. The average Bonchev–Trinajstić information content (AvgIpc) is 2.08. The van der Waals surface area contributed by atoms with Gasteiger partial charge in [0.25, 0.3) is 5.56 Å². The smallest absolute Gasteiger partial charge is 0.252 e. The van der Waals surface area contributed by atoms with E-state index >= 15 is 0 Å². The van der Waals surface area contributed by atoms with Crippen LogP contribution in [0.25, 0.3) is 0 Å². The lowest BCUT2D eigenvalue weighted by atomic mass is 10.2. The standard InChI is InChI=1S/C9H13N3O/c1-6(2)9(11)12-5-7(10)3-4-8(12)13/h3-5,9H,1,10-11H2,2H3. The van der Waals surface area contributed by atoms with Crippen LogP contribution in [0.1, 0.15) is 13.1 Å². The van der Waals surface area contributed by atoms with Crippen molar-refractivity contribution in [2.24, 2.45) is 5.73 Å². The van der Waals surface area contributed by atoms with Crippen LogP contribution in [0.3, 0.4) is 0 Å². The van der Waals surface area contributed by atoms with Gasteiger partial charge in [0.1, 0.15) is 6.17 Å². The van der Waals surface area contributed by atoms with Crippen LogP contribution in [0.5, 0.6) is 0 Å². The van der Waals surface area contributed by atoms with Crippen molar-refractivity contribution in [3.63, 3.8) is 0 Å². The molecule has 4 nitrogen and oxygen atoms in total. The Morgan fingerprint density at radius 2 is 2.23 bits per heavy atom. The lowest BCUT2D eigenvalue weighted by molar-refractivity contribution is 0.579. The van der Waals surface area contributed by atoms with Crippen LogP contribution in [0.4, 0.5) is 5.69 Å². The SMILES string of the molecule is C=C(C)C(N)n1cc(N)ccc1=O. The molecule has 0 fully saturated rings. The van der Waals surface area contributed by atoms with Gasteiger partial charge in [-0.2, -0.15) is 0 Å². The van der Waals surface area contributed by atoms with Gasteiger partial charge < -0.3 is 11.5 Å². The maximum absolute atomic E-state index is 11.3. The summed E-state index contributed by atoms with van der Waals surface area (Å²) in [6.07, 6.45) is 1.01. The quantitative estimate of drug-likeness (QED) is 0.648. The Hall–Kier alpha value is -1.55. The zero-order valence-corrected chi connectivity index (χ0v) is 7.53. The zero-order valence-electron chi connectivity index (χ0n) is 7.53. The molecule has 1 aromatic rings. The molecular formula is C9H13N3O. The number of pyridine rings is 1. The third-order valence-electron chi connectivity index (χ3n) is 1.77. The summed E-state index contributed by atoms with van der Waals surface area (Å²) >= 11 is 0. The lowest BCUT2D eigenvalue weighted by Gasteiger charge is -2.14. The predicted molar refractivity (Wildman–Crippen MR) is 53.2 cm³/mol. The number of nitrogen functional groups attached to an aromatic ring is 1. The second-order valence-electron chi connectivity index (χ2n) is 3.00. The minimum atomic E-state index is -0.504. The van der Waals surface area contributed by atoms with Crippen molar-refractivity contribution in [3.8, 4) is 0 Å². The molecule has 0 amide bonds. The van der Waals surface area contributed by atoms with Crippen LogP contribution in [0.2, 0.25) is 0 Å². The molecule has 0 bridgehead atoms. The Kier molecular flexibility index (Phi) is 2.53. The number of hydrogen-bond donors (Lipinski definition) is 2. The van der Waals surface area contributed by atoms with E-state index in [1.54, 1.807) is 13.0 Å². The van der Waals surface area contributed by atoms with E-state index in [9.17, 15) is 4.79 Å². The van der Waals surface area contributed by atoms with E-state index in [-0.39, 0.29) is 5.56 Å². The van der Waals surface area contributed by atoms with Gasteiger partial charge >= 0.3 is 0 Å². The second-order valence-corrected chi connectivity index (χ2v) is 3.00. The molecule has 4 N–H and O–H groups in total. The second kappa shape index (κ2) is 3.45. The van der Waals surface area contributed by atoms with Gasteiger partial charge in [0.15, 0.2) is 0 Å². The fourth-order valence-electron chi connectivity index (χ4n) is 0.976. The van der Waals surface area contributed by atoms with Crippen LogP contribution in [-0.2, 0) is 0 Å². The van der Waals surface area contributed by atoms with E-state index in [2.05, 4.69) is 6.58 Å². The Labute approximate surface area is 76.5 Å². The molecule has 1 aromatic heterocycles. The number of nitrogens with two attached hydrogens (primary N) is 2. The van der Waals surface area contributed by atoms with Crippen molar-refractivity contribution >= 4 is 5.69 Å². The van der Waals surface area contributed by atoms with E-state index in [1.165, 1.54) is 16.8 Å². The van der Waals surface area contributed by atoms with Crippen molar-refractivity contribution in [2.75, 3.05) is 5.73 Å². The lowest BCUT2D eigenvalue weighted by Crippen LogP contribution is -2.29. The number of anilines is 1. The highest BCUT2D eigenvalue weighted by Gasteiger charge is 2.06. The molecule has 1 atom stereocenters. The van der Waals surface area contributed by atoms with Crippen molar-refractivity contribution in [3.05, 3.63) is 40.8 Å². The monoisotopic (exact) mass is 179 g/mol. The zero-order chi connectivity index (χ0) is 10.0. The van der Waals surface area contributed by atoms with Gasteiger partial charge in [0, 0.05) is 18.0 Å². The molecule has 0 radical (unpaired) electrons. The number of nitrogens with zero attached hydrogens (tertiary/aromatic N) is 1. The van der Waals surface area contributed by atoms with Gasteiger partial charge in [-0.3, -0.25) is 9.36 Å². The summed E-state index contributed by atoms with van der Waals surface area (Å²) in [5, 5.41) is 0. The number of hydrogen-bond acceptors (Lipinski definition) is 3. The highest BCUT2D eigenvalue weighted by molar-refractivity contribution is 5.33. The van der Waals surface area contributed by atoms with E-state index in [1.807, 2.05) is 0 Å². The molecule has 0 spiro atoms. The maximum Gasteiger partial charge on any atom is 0.252 e. The minimum absolute atomic E-state index is 0.176. The molecule has 70 valence electrons. The van der Waals surface area contributed by atoms with Crippen LogP contribution < -0.4 is 17.0 Å². The summed E-state index contributed by atoms with van der Waals surface area (Å²) in [5.41, 5.74) is 12.3. The molecule has 0 saturated carbocycles. The minimum Gasteiger partial charge on any atom is -0.398 e. The van der Waals surface area contributed by atoms with Crippen LogP contribution >= 0.6 is 0 Å². The fraction of sp³-hybridized carbons (Fsp3) is 0.222.